The van der Waals surface area contributed by atoms with Crippen molar-refractivity contribution in [3.8, 4) is 0 Å². The van der Waals surface area contributed by atoms with E-state index in [0.29, 0.717) is 31.0 Å². The SMILES string of the molecule is O=C(CCc1ccccc1Cl)N1CCC2(CCN(CCN3CCOCC3)C2=O)C1. The number of amides is 2. The van der Waals surface area contributed by atoms with E-state index in [1.165, 1.54) is 0 Å². The second-order valence-corrected chi connectivity index (χ2v) is 8.84. The fourth-order valence-corrected chi connectivity index (χ4v) is 4.99. The number of ether oxygens (including phenoxy) is 1. The van der Waals surface area contributed by atoms with Gasteiger partial charge >= 0.3 is 0 Å². The molecule has 7 heteroatoms. The summed E-state index contributed by atoms with van der Waals surface area (Å²) in [6.45, 7) is 7.21. The van der Waals surface area contributed by atoms with Gasteiger partial charge < -0.3 is 14.5 Å². The van der Waals surface area contributed by atoms with Gasteiger partial charge in [-0.2, -0.15) is 0 Å². The molecule has 3 aliphatic heterocycles. The Balaban J connectivity index is 1.27. The van der Waals surface area contributed by atoms with Crippen molar-refractivity contribution >= 4 is 23.4 Å². The Morgan fingerprint density at radius 1 is 1.07 bits per heavy atom. The number of likely N-dealkylation sites (tertiary alicyclic amines) is 2. The van der Waals surface area contributed by atoms with Crippen LogP contribution < -0.4 is 0 Å². The van der Waals surface area contributed by atoms with Gasteiger partial charge in [0.25, 0.3) is 0 Å². The van der Waals surface area contributed by atoms with Gasteiger partial charge in [-0.05, 0) is 30.9 Å². The van der Waals surface area contributed by atoms with E-state index in [4.69, 9.17) is 16.3 Å². The minimum Gasteiger partial charge on any atom is -0.379 e. The summed E-state index contributed by atoms with van der Waals surface area (Å²) in [7, 11) is 0. The molecule has 1 aromatic rings. The number of halogens is 1. The molecule has 1 unspecified atom stereocenters. The van der Waals surface area contributed by atoms with Gasteiger partial charge in [0.2, 0.25) is 11.8 Å². The number of morpholine rings is 1. The molecule has 0 radical (unpaired) electrons. The van der Waals surface area contributed by atoms with Crippen molar-refractivity contribution in [1.29, 1.82) is 0 Å². The standard InChI is InChI=1S/C22H30ClN3O3/c23-19-4-2-1-3-18(19)5-6-20(27)26-10-8-22(17-26)7-9-25(21(22)28)12-11-24-13-15-29-16-14-24/h1-4H,5-17H2. The lowest BCUT2D eigenvalue weighted by atomic mass is 9.85. The molecule has 0 saturated carbocycles. The Morgan fingerprint density at radius 2 is 1.83 bits per heavy atom. The van der Waals surface area contributed by atoms with E-state index in [-0.39, 0.29) is 17.2 Å². The molecule has 1 spiro atoms. The second kappa shape index (κ2) is 9.02. The van der Waals surface area contributed by atoms with Crippen LogP contribution in [0.25, 0.3) is 0 Å². The smallest absolute Gasteiger partial charge is 0.230 e. The Morgan fingerprint density at radius 3 is 2.62 bits per heavy atom. The predicted octanol–water partition coefficient (Wildman–Crippen LogP) is 2.06. The second-order valence-electron chi connectivity index (χ2n) is 8.43. The zero-order chi connectivity index (χ0) is 20.3. The molecule has 1 aromatic carbocycles. The molecular weight excluding hydrogens is 390 g/mol. The fraction of sp³-hybridized carbons (Fsp3) is 0.636. The van der Waals surface area contributed by atoms with Crippen LogP contribution in [-0.4, -0.2) is 85.5 Å². The molecule has 1 atom stereocenters. The number of benzene rings is 1. The third kappa shape index (κ3) is 4.60. The number of hydrogen-bond donors (Lipinski definition) is 0. The molecule has 29 heavy (non-hydrogen) atoms. The average Bonchev–Trinajstić information content (AvgIpc) is 3.31. The fourth-order valence-electron chi connectivity index (χ4n) is 4.76. The minimum atomic E-state index is -0.356. The number of carbonyl (C=O) groups excluding carboxylic acids is 2. The molecule has 4 rings (SSSR count). The summed E-state index contributed by atoms with van der Waals surface area (Å²) in [6, 6.07) is 7.66. The van der Waals surface area contributed by atoms with Gasteiger partial charge in [0.15, 0.2) is 0 Å². The van der Waals surface area contributed by atoms with Gasteiger partial charge in [-0.1, -0.05) is 29.8 Å². The lowest BCUT2D eigenvalue weighted by molar-refractivity contribution is -0.136. The van der Waals surface area contributed by atoms with Crippen molar-refractivity contribution in [3.63, 3.8) is 0 Å². The highest BCUT2D eigenvalue weighted by molar-refractivity contribution is 6.31. The van der Waals surface area contributed by atoms with Crippen LogP contribution in [0, 0.1) is 5.41 Å². The van der Waals surface area contributed by atoms with Crippen LogP contribution in [-0.2, 0) is 20.7 Å². The quantitative estimate of drug-likeness (QED) is 0.708. The van der Waals surface area contributed by atoms with Crippen molar-refractivity contribution in [1.82, 2.24) is 14.7 Å². The molecular formula is C22H30ClN3O3. The maximum Gasteiger partial charge on any atom is 0.230 e. The molecule has 3 heterocycles. The van der Waals surface area contributed by atoms with Crippen LogP contribution in [0.4, 0.5) is 0 Å². The normalized spacial score (nSPS) is 25.3. The first-order chi connectivity index (χ1) is 14.1. The van der Waals surface area contributed by atoms with E-state index in [1.807, 2.05) is 34.1 Å². The maximum absolute atomic E-state index is 13.1. The Hall–Kier alpha value is -1.63. The first-order valence-electron chi connectivity index (χ1n) is 10.7. The predicted molar refractivity (Wildman–Crippen MR) is 112 cm³/mol. The Bertz CT molecular complexity index is 753. The van der Waals surface area contributed by atoms with Crippen LogP contribution in [0.3, 0.4) is 0 Å². The minimum absolute atomic E-state index is 0.126. The van der Waals surface area contributed by atoms with E-state index in [9.17, 15) is 9.59 Å². The summed E-state index contributed by atoms with van der Waals surface area (Å²) in [5.41, 5.74) is 0.646. The number of hydrogen-bond acceptors (Lipinski definition) is 4. The van der Waals surface area contributed by atoms with Crippen molar-refractivity contribution in [2.75, 3.05) is 59.0 Å². The van der Waals surface area contributed by atoms with Crippen molar-refractivity contribution in [3.05, 3.63) is 34.9 Å². The summed E-state index contributed by atoms with van der Waals surface area (Å²) in [5, 5.41) is 0.708. The van der Waals surface area contributed by atoms with Gasteiger partial charge in [0, 0.05) is 57.3 Å². The van der Waals surface area contributed by atoms with E-state index < -0.39 is 0 Å². The van der Waals surface area contributed by atoms with E-state index in [1.54, 1.807) is 0 Å². The molecule has 3 fully saturated rings. The monoisotopic (exact) mass is 419 g/mol. The summed E-state index contributed by atoms with van der Waals surface area (Å²) >= 11 is 6.20. The van der Waals surface area contributed by atoms with Crippen LogP contribution >= 0.6 is 11.6 Å². The number of rotatable bonds is 6. The topological polar surface area (TPSA) is 53.1 Å². The van der Waals surface area contributed by atoms with Crippen LogP contribution in [0.2, 0.25) is 5.02 Å². The summed E-state index contributed by atoms with van der Waals surface area (Å²) < 4.78 is 5.39. The molecule has 2 amide bonds. The Kier molecular flexibility index (Phi) is 6.42. The third-order valence-electron chi connectivity index (χ3n) is 6.66. The molecule has 158 valence electrons. The van der Waals surface area contributed by atoms with Gasteiger partial charge in [-0.25, -0.2) is 0 Å². The van der Waals surface area contributed by atoms with Gasteiger partial charge in [-0.3, -0.25) is 14.5 Å². The first kappa shape index (κ1) is 20.6. The van der Waals surface area contributed by atoms with Crippen molar-refractivity contribution in [2.24, 2.45) is 5.41 Å². The van der Waals surface area contributed by atoms with E-state index in [0.717, 1.165) is 64.3 Å². The molecule has 6 nitrogen and oxygen atoms in total. The first-order valence-corrected chi connectivity index (χ1v) is 11.1. The average molecular weight is 420 g/mol. The highest BCUT2D eigenvalue weighted by Gasteiger charge is 2.51. The highest BCUT2D eigenvalue weighted by Crippen LogP contribution is 2.40. The number of aryl methyl sites for hydroxylation is 1. The van der Waals surface area contributed by atoms with Crippen molar-refractivity contribution < 1.29 is 14.3 Å². The molecule has 3 aliphatic rings. The van der Waals surface area contributed by atoms with Crippen LogP contribution in [0.1, 0.15) is 24.8 Å². The summed E-state index contributed by atoms with van der Waals surface area (Å²) in [4.78, 5) is 32.1. The van der Waals surface area contributed by atoms with Crippen LogP contribution in [0.15, 0.2) is 24.3 Å². The summed E-state index contributed by atoms with van der Waals surface area (Å²) in [6.07, 6.45) is 2.73. The third-order valence-corrected chi connectivity index (χ3v) is 7.03. The van der Waals surface area contributed by atoms with Gasteiger partial charge in [-0.15, -0.1) is 0 Å². The molecule has 0 aromatic heterocycles. The summed E-state index contributed by atoms with van der Waals surface area (Å²) in [5.74, 6) is 0.369. The van der Waals surface area contributed by atoms with E-state index in [2.05, 4.69) is 4.90 Å². The van der Waals surface area contributed by atoms with Gasteiger partial charge in [0.1, 0.15) is 0 Å². The number of nitrogens with zero attached hydrogens (tertiary/aromatic N) is 3. The molecule has 0 aliphatic carbocycles. The zero-order valence-corrected chi connectivity index (χ0v) is 17.7. The maximum atomic E-state index is 13.1. The molecule has 0 bridgehead atoms. The lowest BCUT2D eigenvalue weighted by Crippen LogP contribution is -2.43. The highest BCUT2D eigenvalue weighted by atomic mass is 35.5. The van der Waals surface area contributed by atoms with Gasteiger partial charge in [0.05, 0.1) is 18.6 Å². The van der Waals surface area contributed by atoms with E-state index >= 15 is 0 Å². The zero-order valence-electron chi connectivity index (χ0n) is 16.9. The largest absolute Gasteiger partial charge is 0.379 e. The van der Waals surface area contributed by atoms with Crippen LogP contribution in [0.5, 0.6) is 0 Å². The van der Waals surface area contributed by atoms with Crippen molar-refractivity contribution in [2.45, 2.75) is 25.7 Å². The molecule has 3 saturated heterocycles. The Labute approximate surface area is 177 Å². The molecule has 0 N–H and O–H groups in total. The number of carbonyl (C=O) groups is 2. The lowest BCUT2D eigenvalue weighted by Gasteiger charge is -2.29.